The molecule has 1 saturated heterocycles. The van der Waals surface area contributed by atoms with Crippen LogP contribution in [0.4, 0.5) is 0 Å². The zero-order valence-electron chi connectivity index (χ0n) is 10.7. The molecule has 4 nitrogen and oxygen atoms in total. The van der Waals surface area contributed by atoms with Crippen LogP contribution in [0.2, 0.25) is 0 Å². The highest BCUT2D eigenvalue weighted by Crippen LogP contribution is 2.14. The SMILES string of the molecule is CN(Cc1ccc(C(=O)O)cc1)C1CCNCC1. The van der Waals surface area contributed by atoms with Gasteiger partial charge in [0.2, 0.25) is 0 Å². The molecule has 0 amide bonds. The van der Waals surface area contributed by atoms with Crippen molar-refractivity contribution in [2.75, 3.05) is 20.1 Å². The van der Waals surface area contributed by atoms with Gasteiger partial charge in [0.05, 0.1) is 5.56 Å². The Bertz CT molecular complexity index is 397. The van der Waals surface area contributed by atoms with Crippen LogP contribution >= 0.6 is 0 Å². The van der Waals surface area contributed by atoms with Crippen LogP contribution in [0.25, 0.3) is 0 Å². The van der Waals surface area contributed by atoms with Gasteiger partial charge in [-0.2, -0.15) is 0 Å². The molecule has 1 aliphatic heterocycles. The fourth-order valence-corrected chi connectivity index (χ4v) is 2.42. The third-order valence-corrected chi connectivity index (χ3v) is 3.56. The highest BCUT2D eigenvalue weighted by Gasteiger charge is 2.17. The number of rotatable bonds is 4. The normalized spacial score (nSPS) is 17.0. The second-order valence-corrected chi connectivity index (χ2v) is 4.90. The molecule has 0 unspecified atom stereocenters. The van der Waals surface area contributed by atoms with E-state index in [1.807, 2.05) is 12.1 Å². The lowest BCUT2D eigenvalue weighted by Gasteiger charge is -2.31. The average molecular weight is 248 g/mol. The maximum absolute atomic E-state index is 10.8. The quantitative estimate of drug-likeness (QED) is 0.849. The molecule has 0 aliphatic carbocycles. The average Bonchev–Trinajstić information content (AvgIpc) is 2.40. The molecule has 0 spiro atoms. The third-order valence-electron chi connectivity index (χ3n) is 3.56. The summed E-state index contributed by atoms with van der Waals surface area (Å²) >= 11 is 0. The molecule has 2 rings (SSSR count). The first-order valence-corrected chi connectivity index (χ1v) is 6.40. The first-order chi connectivity index (χ1) is 8.66. The van der Waals surface area contributed by atoms with E-state index in [0.717, 1.165) is 19.6 Å². The van der Waals surface area contributed by atoms with Crippen LogP contribution in [0.1, 0.15) is 28.8 Å². The van der Waals surface area contributed by atoms with Gasteiger partial charge in [-0.15, -0.1) is 0 Å². The standard InChI is InChI=1S/C14H20N2O2/c1-16(13-6-8-15-9-7-13)10-11-2-4-12(5-3-11)14(17)18/h2-5,13,15H,6-10H2,1H3,(H,17,18). The number of hydrogen-bond acceptors (Lipinski definition) is 3. The van der Waals surface area contributed by atoms with E-state index in [-0.39, 0.29) is 0 Å². The second-order valence-electron chi connectivity index (χ2n) is 4.90. The molecule has 0 saturated carbocycles. The van der Waals surface area contributed by atoms with Crippen molar-refractivity contribution < 1.29 is 9.90 Å². The Hall–Kier alpha value is -1.39. The molecule has 2 N–H and O–H groups in total. The summed E-state index contributed by atoms with van der Waals surface area (Å²) in [7, 11) is 2.14. The van der Waals surface area contributed by atoms with Crippen molar-refractivity contribution in [3.05, 3.63) is 35.4 Å². The molecule has 1 heterocycles. The molecular formula is C14H20N2O2. The summed E-state index contributed by atoms with van der Waals surface area (Å²) in [6, 6.07) is 7.79. The summed E-state index contributed by atoms with van der Waals surface area (Å²) in [5.41, 5.74) is 1.52. The molecule has 98 valence electrons. The minimum atomic E-state index is -0.867. The summed E-state index contributed by atoms with van der Waals surface area (Å²) in [6.45, 7) is 3.06. The van der Waals surface area contributed by atoms with Crippen molar-refractivity contribution in [1.29, 1.82) is 0 Å². The van der Waals surface area contributed by atoms with E-state index in [9.17, 15) is 4.79 Å². The first kappa shape index (κ1) is 13.1. The third kappa shape index (κ3) is 3.31. The van der Waals surface area contributed by atoms with Crippen LogP contribution in [-0.4, -0.2) is 42.2 Å². The van der Waals surface area contributed by atoms with Gasteiger partial charge >= 0.3 is 5.97 Å². The molecule has 18 heavy (non-hydrogen) atoms. The number of nitrogens with one attached hydrogen (secondary N) is 1. The van der Waals surface area contributed by atoms with Gasteiger partial charge in [-0.25, -0.2) is 4.79 Å². The molecule has 0 bridgehead atoms. The van der Waals surface area contributed by atoms with E-state index in [1.54, 1.807) is 12.1 Å². The van der Waals surface area contributed by atoms with Crippen molar-refractivity contribution in [3.8, 4) is 0 Å². The number of hydrogen-bond donors (Lipinski definition) is 2. The van der Waals surface area contributed by atoms with Gasteiger partial charge in [0.1, 0.15) is 0 Å². The van der Waals surface area contributed by atoms with Gasteiger partial charge in [-0.05, 0) is 50.7 Å². The zero-order chi connectivity index (χ0) is 13.0. The van der Waals surface area contributed by atoms with Gasteiger partial charge in [0.15, 0.2) is 0 Å². The lowest BCUT2D eigenvalue weighted by Crippen LogP contribution is -2.40. The molecule has 1 aromatic rings. The smallest absolute Gasteiger partial charge is 0.335 e. The molecule has 0 radical (unpaired) electrons. The number of carboxylic acids is 1. The van der Waals surface area contributed by atoms with Crippen LogP contribution < -0.4 is 5.32 Å². The van der Waals surface area contributed by atoms with Gasteiger partial charge in [0, 0.05) is 12.6 Å². The minimum Gasteiger partial charge on any atom is -0.478 e. The van der Waals surface area contributed by atoms with Gasteiger partial charge in [-0.3, -0.25) is 4.90 Å². The van der Waals surface area contributed by atoms with E-state index in [1.165, 1.54) is 18.4 Å². The summed E-state index contributed by atoms with van der Waals surface area (Å²) in [5.74, 6) is -0.867. The molecule has 4 heteroatoms. The van der Waals surface area contributed by atoms with E-state index < -0.39 is 5.97 Å². The molecule has 1 aliphatic rings. The highest BCUT2D eigenvalue weighted by atomic mass is 16.4. The summed E-state index contributed by atoms with van der Waals surface area (Å²) in [4.78, 5) is 13.1. The van der Waals surface area contributed by atoms with Crippen molar-refractivity contribution in [2.24, 2.45) is 0 Å². The van der Waals surface area contributed by atoms with Crippen molar-refractivity contribution in [1.82, 2.24) is 10.2 Å². The van der Waals surface area contributed by atoms with E-state index in [4.69, 9.17) is 5.11 Å². The fraction of sp³-hybridized carbons (Fsp3) is 0.500. The predicted molar refractivity (Wildman–Crippen MR) is 70.8 cm³/mol. The number of aromatic carboxylic acids is 1. The van der Waals surface area contributed by atoms with Crippen molar-refractivity contribution >= 4 is 5.97 Å². The summed E-state index contributed by atoms with van der Waals surface area (Å²) in [5, 5.41) is 12.2. The lowest BCUT2D eigenvalue weighted by molar-refractivity contribution is 0.0697. The number of piperidine rings is 1. The molecule has 0 atom stereocenters. The zero-order valence-corrected chi connectivity index (χ0v) is 10.7. The van der Waals surface area contributed by atoms with Gasteiger partial charge < -0.3 is 10.4 Å². The largest absolute Gasteiger partial charge is 0.478 e. The number of carbonyl (C=O) groups is 1. The van der Waals surface area contributed by atoms with Crippen LogP contribution in [-0.2, 0) is 6.54 Å². The van der Waals surface area contributed by atoms with E-state index in [0.29, 0.717) is 11.6 Å². The Labute approximate surface area is 108 Å². The van der Waals surface area contributed by atoms with Crippen LogP contribution in [0.15, 0.2) is 24.3 Å². The Morgan fingerprint density at radius 3 is 2.50 bits per heavy atom. The van der Waals surface area contributed by atoms with Crippen LogP contribution in [0, 0.1) is 0 Å². The molecule has 0 aromatic heterocycles. The summed E-state index contributed by atoms with van der Waals surface area (Å²) in [6.07, 6.45) is 2.37. The highest BCUT2D eigenvalue weighted by molar-refractivity contribution is 5.87. The Balaban J connectivity index is 1.93. The fourth-order valence-electron chi connectivity index (χ4n) is 2.42. The van der Waals surface area contributed by atoms with E-state index in [2.05, 4.69) is 17.3 Å². The van der Waals surface area contributed by atoms with E-state index >= 15 is 0 Å². The Morgan fingerprint density at radius 2 is 1.94 bits per heavy atom. The second kappa shape index (κ2) is 5.98. The molecule has 1 fully saturated rings. The maximum Gasteiger partial charge on any atom is 0.335 e. The monoisotopic (exact) mass is 248 g/mol. The number of benzene rings is 1. The predicted octanol–water partition coefficient (Wildman–Crippen LogP) is 1.57. The maximum atomic E-state index is 10.8. The Morgan fingerprint density at radius 1 is 1.33 bits per heavy atom. The van der Waals surface area contributed by atoms with Crippen LogP contribution in [0.3, 0.4) is 0 Å². The lowest BCUT2D eigenvalue weighted by atomic mass is 10.0. The van der Waals surface area contributed by atoms with Gasteiger partial charge in [0.25, 0.3) is 0 Å². The summed E-state index contributed by atoms with van der Waals surface area (Å²) < 4.78 is 0. The van der Waals surface area contributed by atoms with Crippen LogP contribution in [0.5, 0.6) is 0 Å². The first-order valence-electron chi connectivity index (χ1n) is 6.40. The van der Waals surface area contributed by atoms with Crippen molar-refractivity contribution in [2.45, 2.75) is 25.4 Å². The van der Waals surface area contributed by atoms with Crippen molar-refractivity contribution in [3.63, 3.8) is 0 Å². The minimum absolute atomic E-state index is 0.350. The van der Waals surface area contributed by atoms with Gasteiger partial charge in [-0.1, -0.05) is 12.1 Å². The topological polar surface area (TPSA) is 52.6 Å². The number of carboxylic acid groups (broad SMARTS) is 1. The Kier molecular flexibility index (Phi) is 4.33. The molecular weight excluding hydrogens is 228 g/mol. The number of nitrogens with zero attached hydrogens (tertiary/aromatic N) is 1. The molecule has 1 aromatic carbocycles.